The predicted molar refractivity (Wildman–Crippen MR) is 82.4 cm³/mol. The lowest BCUT2D eigenvalue weighted by Crippen LogP contribution is -2.29. The van der Waals surface area contributed by atoms with Crippen LogP contribution < -0.4 is 11.3 Å². The van der Waals surface area contributed by atoms with Crippen molar-refractivity contribution in [3.05, 3.63) is 58.3 Å². The molecule has 0 fully saturated rings. The van der Waals surface area contributed by atoms with Crippen molar-refractivity contribution in [2.24, 2.45) is 5.84 Å². The molecule has 3 rings (SSSR count). The first-order valence-corrected chi connectivity index (χ1v) is 7.35. The second kappa shape index (κ2) is 5.66. The maximum absolute atomic E-state index is 5.76. The molecule has 0 aliphatic heterocycles. The highest BCUT2D eigenvalue weighted by molar-refractivity contribution is 7.09. The van der Waals surface area contributed by atoms with Gasteiger partial charge in [-0.05, 0) is 23.9 Å². The Morgan fingerprint density at radius 1 is 1.35 bits per heavy atom. The van der Waals surface area contributed by atoms with Gasteiger partial charge < -0.3 is 0 Å². The highest BCUT2D eigenvalue weighted by Gasteiger charge is 2.15. The van der Waals surface area contributed by atoms with Crippen molar-refractivity contribution < 1.29 is 0 Å². The predicted octanol–water partition coefficient (Wildman–Crippen LogP) is 2.75. The summed E-state index contributed by atoms with van der Waals surface area (Å²) >= 11 is 1.67. The number of nitrogens with one attached hydrogen (secondary N) is 1. The third kappa shape index (κ3) is 2.56. The van der Waals surface area contributed by atoms with E-state index in [0.717, 1.165) is 22.5 Å². The topological polar surface area (TPSA) is 63.8 Å². The summed E-state index contributed by atoms with van der Waals surface area (Å²) in [5, 5.41) is 5.47. The number of aromatic nitrogens is 2. The van der Waals surface area contributed by atoms with E-state index in [9.17, 15) is 0 Å². The summed E-state index contributed by atoms with van der Waals surface area (Å²) in [6.45, 7) is 2.02. The molecule has 0 amide bonds. The zero-order valence-electron chi connectivity index (χ0n) is 11.2. The highest BCUT2D eigenvalue weighted by atomic mass is 32.1. The van der Waals surface area contributed by atoms with Gasteiger partial charge in [0.1, 0.15) is 0 Å². The molecule has 0 saturated heterocycles. The SMILES string of the molecule is Cc1nc(CC(NN)c2cccc3cnccc23)cs1. The van der Waals surface area contributed by atoms with Gasteiger partial charge in [0.15, 0.2) is 0 Å². The fourth-order valence-corrected chi connectivity index (χ4v) is 3.05. The van der Waals surface area contributed by atoms with Crippen molar-refractivity contribution in [2.75, 3.05) is 0 Å². The normalized spacial score (nSPS) is 12.7. The zero-order valence-corrected chi connectivity index (χ0v) is 12.0. The molecule has 3 N–H and O–H groups in total. The number of fused-ring (bicyclic) bond motifs is 1. The number of benzene rings is 1. The number of hydrazine groups is 1. The maximum Gasteiger partial charge on any atom is 0.0897 e. The number of thiazole rings is 1. The van der Waals surface area contributed by atoms with E-state index in [1.807, 2.05) is 31.5 Å². The van der Waals surface area contributed by atoms with Gasteiger partial charge in [-0.1, -0.05) is 18.2 Å². The molecular formula is C15H16N4S. The van der Waals surface area contributed by atoms with Crippen molar-refractivity contribution in [2.45, 2.75) is 19.4 Å². The van der Waals surface area contributed by atoms with Gasteiger partial charge in [0.25, 0.3) is 0 Å². The van der Waals surface area contributed by atoms with E-state index in [0.29, 0.717) is 0 Å². The van der Waals surface area contributed by atoms with Gasteiger partial charge in [-0.2, -0.15) is 0 Å². The standard InChI is InChI=1S/C15H16N4S/c1-10-18-12(9-20-10)7-15(19-16)14-4-2-3-11-8-17-6-5-13(11)14/h2-6,8-9,15,19H,7,16H2,1H3. The Bertz CT molecular complexity index is 717. The lowest BCUT2D eigenvalue weighted by Gasteiger charge is -2.17. The summed E-state index contributed by atoms with van der Waals surface area (Å²) in [7, 11) is 0. The summed E-state index contributed by atoms with van der Waals surface area (Å²) in [5.74, 6) is 5.76. The Hall–Kier alpha value is -1.82. The average Bonchev–Trinajstić information content (AvgIpc) is 2.89. The van der Waals surface area contributed by atoms with Gasteiger partial charge in [0, 0.05) is 29.6 Å². The molecule has 3 aromatic rings. The van der Waals surface area contributed by atoms with E-state index in [1.165, 1.54) is 10.9 Å². The fourth-order valence-electron chi connectivity index (χ4n) is 2.42. The van der Waals surface area contributed by atoms with Crippen LogP contribution in [-0.4, -0.2) is 9.97 Å². The molecule has 0 aliphatic rings. The van der Waals surface area contributed by atoms with Crippen LogP contribution in [0, 0.1) is 6.92 Å². The van der Waals surface area contributed by atoms with Gasteiger partial charge in [-0.15, -0.1) is 11.3 Å². The molecule has 0 bridgehead atoms. The minimum atomic E-state index is 0.0441. The van der Waals surface area contributed by atoms with Crippen LogP contribution in [0.25, 0.3) is 10.8 Å². The molecular weight excluding hydrogens is 268 g/mol. The van der Waals surface area contributed by atoms with Gasteiger partial charge >= 0.3 is 0 Å². The molecule has 0 radical (unpaired) electrons. The second-order valence-electron chi connectivity index (χ2n) is 4.73. The van der Waals surface area contributed by atoms with Gasteiger partial charge in [0.05, 0.1) is 16.7 Å². The van der Waals surface area contributed by atoms with Crippen LogP contribution in [-0.2, 0) is 6.42 Å². The average molecular weight is 284 g/mol. The Kier molecular flexibility index (Phi) is 3.73. The highest BCUT2D eigenvalue weighted by Crippen LogP contribution is 2.26. The van der Waals surface area contributed by atoms with Crippen molar-refractivity contribution in [3.8, 4) is 0 Å². The quantitative estimate of drug-likeness (QED) is 0.571. The number of rotatable bonds is 4. The molecule has 1 unspecified atom stereocenters. The van der Waals surface area contributed by atoms with Crippen LogP contribution in [0.15, 0.2) is 42.0 Å². The smallest absolute Gasteiger partial charge is 0.0897 e. The number of aryl methyl sites for hydroxylation is 1. The monoisotopic (exact) mass is 284 g/mol. The van der Waals surface area contributed by atoms with E-state index < -0.39 is 0 Å². The molecule has 102 valence electrons. The van der Waals surface area contributed by atoms with Crippen LogP contribution in [0.1, 0.15) is 22.3 Å². The van der Waals surface area contributed by atoms with E-state index >= 15 is 0 Å². The van der Waals surface area contributed by atoms with Crippen molar-refractivity contribution in [1.82, 2.24) is 15.4 Å². The molecule has 2 aromatic heterocycles. The summed E-state index contributed by atoms with van der Waals surface area (Å²) in [6, 6.07) is 8.28. The molecule has 0 aliphatic carbocycles. The first kappa shape index (κ1) is 13.2. The molecule has 5 heteroatoms. The molecule has 1 aromatic carbocycles. The lowest BCUT2D eigenvalue weighted by molar-refractivity contribution is 0.550. The second-order valence-corrected chi connectivity index (χ2v) is 5.79. The lowest BCUT2D eigenvalue weighted by atomic mass is 9.97. The molecule has 1 atom stereocenters. The van der Waals surface area contributed by atoms with Crippen molar-refractivity contribution in [3.63, 3.8) is 0 Å². The van der Waals surface area contributed by atoms with Crippen LogP contribution in [0.5, 0.6) is 0 Å². The van der Waals surface area contributed by atoms with Crippen LogP contribution in [0.3, 0.4) is 0 Å². The molecule has 0 spiro atoms. The third-order valence-electron chi connectivity index (χ3n) is 3.37. The molecule has 0 saturated carbocycles. The number of hydrogen-bond donors (Lipinski definition) is 2. The van der Waals surface area contributed by atoms with Crippen LogP contribution >= 0.6 is 11.3 Å². The summed E-state index contributed by atoms with van der Waals surface area (Å²) < 4.78 is 0. The Morgan fingerprint density at radius 3 is 3.00 bits per heavy atom. The number of hydrogen-bond acceptors (Lipinski definition) is 5. The minimum Gasteiger partial charge on any atom is -0.271 e. The van der Waals surface area contributed by atoms with Crippen molar-refractivity contribution >= 4 is 22.1 Å². The first-order chi connectivity index (χ1) is 9.78. The number of pyridine rings is 1. The van der Waals surface area contributed by atoms with Crippen molar-refractivity contribution in [1.29, 1.82) is 0 Å². The summed E-state index contributed by atoms with van der Waals surface area (Å²) in [6.07, 6.45) is 4.47. The van der Waals surface area contributed by atoms with Crippen LogP contribution in [0.2, 0.25) is 0 Å². The van der Waals surface area contributed by atoms with Gasteiger partial charge in [-0.25, -0.2) is 4.98 Å². The Morgan fingerprint density at radius 2 is 2.25 bits per heavy atom. The Balaban J connectivity index is 1.98. The number of nitrogens with zero attached hydrogens (tertiary/aromatic N) is 2. The zero-order chi connectivity index (χ0) is 13.9. The van der Waals surface area contributed by atoms with E-state index in [1.54, 1.807) is 11.3 Å². The van der Waals surface area contributed by atoms with E-state index in [4.69, 9.17) is 5.84 Å². The van der Waals surface area contributed by atoms with E-state index in [-0.39, 0.29) is 6.04 Å². The summed E-state index contributed by atoms with van der Waals surface area (Å²) in [5.41, 5.74) is 5.16. The maximum atomic E-state index is 5.76. The van der Waals surface area contributed by atoms with E-state index in [2.05, 4.69) is 32.9 Å². The number of nitrogens with two attached hydrogens (primary N) is 1. The Labute approximate surface area is 121 Å². The van der Waals surface area contributed by atoms with Gasteiger partial charge in [0.2, 0.25) is 0 Å². The van der Waals surface area contributed by atoms with Gasteiger partial charge in [-0.3, -0.25) is 16.3 Å². The molecule has 2 heterocycles. The fraction of sp³-hybridized carbons (Fsp3) is 0.200. The molecule has 4 nitrogen and oxygen atoms in total. The minimum absolute atomic E-state index is 0.0441. The largest absolute Gasteiger partial charge is 0.271 e. The molecule has 20 heavy (non-hydrogen) atoms. The third-order valence-corrected chi connectivity index (χ3v) is 4.19. The van der Waals surface area contributed by atoms with Crippen LogP contribution in [0.4, 0.5) is 0 Å². The summed E-state index contributed by atoms with van der Waals surface area (Å²) in [4.78, 5) is 8.68. The first-order valence-electron chi connectivity index (χ1n) is 6.47.